The fourth-order valence-corrected chi connectivity index (χ4v) is 10.1. The van der Waals surface area contributed by atoms with Crippen LogP contribution in [0.4, 0.5) is 15.8 Å². The van der Waals surface area contributed by atoms with E-state index in [4.69, 9.17) is 9.57 Å². The van der Waals surface area contributed by atoms with E-state index in [1.165, 1.54) is 46.7 Å². The number of allylic oxidation sites excluding steroid dienone is 7. The van der Waals surface area contributed by atoms with Gasteiger partial charge in [0, 0.05) is 60.3 Å². The van der Waals surface area contributed by atoms with Crippen molar-refractivity contribution in [2.24, 2.45) is 0 Å². The first-order chi connectivity index (χ1) is 30.4. The van der Waals surface area contributed by atoms with Crippen LogP contribution in [0.15, 0.2) is 131 Å². The molecule has 3 aliphatic heterocycles. The lowest BCUT2D eigenvalue weighted by Crippen LogP contribution is -2.32. The molecule has 0 unspecified atom stereocenters. The number of amides is 2. The van der Waals surface area contributed by atoms with Gasteiger partial charge in [0.2, 0.25) is 5.69 Å². The number of fused-ring (bicyclic) bond motifs is 4. The number of hydrogen-bond donors (Lipinski definition) is 1. The Balaban J connectivity index is 1.11. The summed E-state index contributed by atoms with van der Waals surface area (Å²) in [5.74, 6) is -0.916. The summed E-state index contributed by atoms with van der Waals surface area (Å²) in [6, 6.07) is 23.3. The Morgan fingerprint density at radius 3 is 2.33 bits per heavy atom. The zero-order chi connectivity index (χ0) is 45.6. The zero-order valence-electron chi connectivity index (χ0n) is 36.8. The molecule has 3 heterocycles. The van der Waals surface area contributed by atoms with Crippen molar-refractivity contribution in [1.29, 1.82) is 0 Å². The lowest BCUT2D eigenvalue weighted by Gasteiger charge is -2.27. The number of unbranched alkanes of at least 4 members (excludes halogenated alkanes) is 2. The Bertz CT molecular complexity index is 2840. The van der Waals surface area contributed by atoms with Gasteiger partial charge >= 0.3 is 5.97 Å². The molecule has 11 nitrogen and oxygen atoms in total. The number of benzene rings is 4. The van der Waals surface area contributed by atoms with Crippen LogP contribution in [0.3, 0.4) is 0 Å². The summed E-state index contributed by atoms with van der Waals surface area (Å²) in [6.07, 6.45) is 12.7. The van der Waals surface area contributed by atoms with E-state index in [1.807, 2.05) is 0 Å². The largest absolute Gasteiger partial charge is 0.457 e. The number of carbonyl (C=O) groups excluding carboxylic acids is 3. The molecule has 1 fully saturated rings. The van der Waals surface area contributed by atoms with Crippen molar-refractivity contribution in [3.8, 4) is 5.75 Å². The molecule has 4 aliphatic rings. The van der Waals surface area contributed by atoms with Gasteiger partial charge in [-0.05, 0) is 134 Å². The van der Waals surface area contributed by atoms with Gasteiger partial charge in [0.1, 0.15) is 24.4 Å². The summed E-state index contributed by atoms with van der Waals surface area (Å²) in [7, 11) is -2.31. The molecule has 4 aromatic rings. The molecule has 8 rings (SSSR count). The van der Waals surface area contributed by atoms with E-state index < -0.39 is 33.3 Å². The second-order valence-electron chi connectivity index (χ2n) is 17.9. The summed E-state index contributed by atoms with van der Waals surface area (Å²) >= 11 is 0. The third kappa shape index (κ3) is 8.58. The highest BCUT2D eigenvalue weighted by Crippen LogP contribution is 2.49. The quantitative estimate of drug-likeness (QED) is 0.0603. The van der Waals surface area contributed by atoms with Crippen molar-refractivity contribution in [1.82, 2.24) is 5.06 Å². The van der Waals surface area contributed by atoms with Gasteiger partial charge in [-0.1, -0.05) is 50.6 Å². The van der Waals surface area contributed by atoms with Crippen molar-refractivity contribution in [2.75, 3.05) is 18.5 Å². The minimum absolute atomic E-state index is 0.0377. The van der Waals surface area contributed by atoms with Gasteiger partial charge in [-0.25, -0.2) is 9.18 Å². The molecular weight excluding hydrogens is 834 g/mol. The maximum atomic E-state index is 14.8. The Morgan fingerprint density at radius 1 is 0.859 bits per heavy atom. The van der Waals surface area contributed by atoms with Crippen molar-refractivity contribution in [3.63, 3.8) is 0 Å². The number of carbonyl (C=O) groups is 3. The number of rotatable bonds is 13. The molecule has 0 bridgehead atoms. The molecule has 64 heavy (non-hydrogen) atoms. The predicted molar refractivity (Wildman–Crippen MR) is 243 cm³/mol. The van der Waals surface area contributed by atoms with E-state index in [9.17, 15) is 31.7 Å². The van der Waals surface area contributed by atoms with Gasteiger partial charge in [-0.15, -0.1) is 5.06 Å². The molecule has 332 valence electrons. The fourth-order valence-electron chi connectivity index (χ4n) is 9.61. The molecule has 0 radical (unpaired) electrons. The number of anilines is 1. The maximum absolute atomic E-state index is 14.8. The minimum atomic E-state index is -4.41. The normalized spacial score (nSPS) is 19.5. The van der Waals surface area contributed by atoms with Crippen molar-refractivity contribution in [2.45, 2.75) is 101 Å². The summed E-state index contributed by atoms with van der Waals surface area (Å²) < 4.78 is 57.2. The van der Waals surface area contributed by atoms with Crippen LogP contribution in [0.1, 0.15) is 96.6 Å². The van der Waals surface area contributed by atoms with E-state index in [1.54, 1.807) is 12.1 Å². The van der Waals surface area contributed by atoms with E-state index in [0.29, 0.717) is 48.8 Å². The maximum Gasteiger partial charge on any atom is 0.333 e. The van der Waals surface area contributed by atoms with Crippen LogP contribution >= 0.6 is 0 Å². The minimum Gasteiger partial charge on any atom is -0.457 e. The molecule has 0 aromatic heterocycles. The number of halogens is 1. The van der Waals surface area contributed by atoms with Crippen LogP contribution in [0.25, 0.3) is 10.8 Å². The first-order valence-electron chi connectivity index (χ1n) is 21.8. The molecule has 0 atom stereocenters. The lowest BCUT2D eigenvalue weighted by molar-refractivity contribution is -0.401. The van der Waals surface area contributed by atoms with Gasteiger partial charge in [0.05, 0.1) is 10.3 Å². The molecular formula is C51H53FN3O8S+. The average molecular weight is 887 g/mol. The first-order valence-corrected chi connectivity index (χ1v) is 23.2. The Hall–Kier alpha value is -6.18. The molecule has 0 spiro atoms. The Kier molecular flexibility index (Phi) is 12.1. The number of hydrogen-bond acceptors (Lipinski definition) is 8. The van der Waals surface area contributed by atoms with Gasteiger partial charge in [0.25, 0.3) is 21.9 Å². The number of ether oxygens (including phenoxy) is 1. The average Bonchev–Trinajstić information content (AvgIpc) is 3.76. The van der Waals surface area contributed by atoms with Gasteiger partial charge < -0.3 is 14.5 Å². The standard InChI is InChI=1S/C51H52FN3O8S/c1-50(2)40-32-36(52)20-26-41(40)54(31-10-6-7-16-47(58)63-55-45(56)29-30-46(55)57)44(50)28-19-35-14-11-13-34(49(35)62-37-21-23-38(24-22-37)64(59,60)61)18-27-43-51(3,4)48-39-15-9-8-12-33(39)17-25-42(48)53(43)5/h8-9,12,15,17-28,32H,6-7,10-11,13-14,16,29-31H2,1-5H3/p+1. The Morgan fingerprint density at radius 2 is 1.59 bits per heavy atom. The van der Waals surface area contributed by atoms with Gasteiger partial charge in [0.15, 0.2) is 5.71 Å². The molecule has 0 saturated carbocycles. The third-order valence-corrected chi connectivity index (χ3v) is 13.8. The third-order valence-electron chi connectivity index (χ3n) is 12.9. The van der Waals surface area contributed by atoms with Crippen LogP contribution in [0.2, 0.25) is 0 Å². The van der Waals surface area contributed by atoms with Crippen LogP contribution in [0, 0.1) is 5.82 Å². The molecule has 4 aromatic carbocycles. The molecule has 1 N–H and O–H groups in total. The van der Waals surface area contributed by atoms with Crippen LogP contribution in [0.5, 0.6) is 5.75 Å². The van der Waals surface area contributed by atoms with E-state index in [-0.39, 0.29) is 35.4 Å². The van der Waals surface area contributed by atoms with Crippen molar-refractivity contribution >= 4 is 55.8 Å². The zero-order valence-corrected chi connectivity index (χ0v) is 37.6. The van der Waals surface area contributed by atoms with Crippen LogP contribution in [-0.2, 0) is 40.2 Å². The number of imide groups is 1. The monoisotopic (exact) mass is 886 g/mol. The summed E-state index contributed by atoms with van der Waals surface area (Å²) in [6.45, 7) is 9.23. The highest BCUT2D eigenvalue weighted by atomic mass is 32.2. The second kappa shape index (κ2) is 17.4. The number of nitrogens with zero attached hydrogens (tertiary/aromatic N) is 3. The fraction of sp³-hybridized carbons (Fsp3) is 0.333. The van der Waals surface area contributed by atoms with E-state index in [0.717, 1.165) is 52.3 Å². The van der Waals surface area contributed by atoms with Crippen molar-refractivity contribution in [3.05, 3.63) is 143 Å². The van der Waals surface area contributed by atoms with E-state index >= 15 is 0 Å². The second-order valence-corrected chi connectivity index (χ2v) is 19.3. The van der Waals surface area contributed by atoms with Gasteiger partial charge in [-0.3, -0.25) is 14.1 Å². The van der Waals surface area contributed by atoms with E-state index in [2.05, 4.69) is 105 Å². The summed E-state index contributed by atoms with van der Waals surface area (Å²) in [5, 5.41) is 2.98. The lowest BCUT2D eigenvalue weighted by atomic mass is 9.78. The summed E-state index contributed by atoms with van der Waals surface area (Å²) in [4.78, 5) is 43.2. The predicted octanol–water partition coefficient (Wildman–Crippen LogP) is 10.1. The molecule has 1 aliphatic carbocycles. The molecule has 2 amide bonds. The first kappa shape index (κ1) is 44.4. The highest BCUT2D eigenvalue weighted by Gasteiger charge is 2.44. The van der Waals surface area contributed by atoms with Crippen LogP contribution in [-0.4, -0.2) is 59.7 Å². The summed E-state index contributed by atoms with van der Waals surface area (Å²) in [5.41, 5.74) is 7.28. The SMILES string of the molecule is C[N+]1=C(C=CC2=C(Oc3ccc(S(=O)(=O)O)cc3)C(=CC=C3N(CCCCCC(=O)ON4C(=O)CCC4=O)c4ccc(F)cc4C3(C)C)CCC2)C(C)(C)c2c1ccc1ccccc21. The van der Waals surface area contributed by atoms with Crippen LogP contribution < -0.4 is 9.64 Å². The number of hydroxylamine groups is 2. The smallest absolute Gasteiger partial charge is 0.333 e. The highest BCUT2D eigenvalue weighted by molar-refractivity contribution is 7.85. The Labute approximate surface area is 373 Å². The molecule has 1 saturated heterocycles. The van der Waals surface area contributed by atoms with Gasteiger partial charge in [-0.2, -0.15) is 13.0 Å². The topological polar surface area (TPSA) is 134 Å². The van der Waals surface area contributed by atoms with Crippen molar-refractivity contribution < 1.29 is 45.9 Å². The molecule has 13 heteroatoms.